The van der Waals surface area contributed by atoms with Gasteiger partial charge in [-0.3, -0.25) is 9.48 Å². The standard InChI is InChI=1S/C18H24N4O2/c1-2-22-15(7-10-19-22)13-8-11-21(12-9-13)18(23)17-14-5-3-4-6-16(14)24-20-17/h7,10,13H,2-6,8-9,11-12H2,1H3. The largest absolute Gasteiger partial charge is 0.360 e. The Labute approximate surface area is 141 Å². The van der Waals surface area contributed by atoms with E-state index in [-0.39, 0.29) is 5.91 Å². The molecular formula is C18H24N4O2. The summed E-state index contributed by atoms with van der Waals surface area (Å²) >= 11 is 0. The Kier molecular flexibility index (Phi) is 4.12. The lowest BCUT2D eigenvalue weighted by molar-refractivity contribution is 0.0699. The summed E-state index contributed by atoms with van der Waals surface area (Å²) in [5.41, 5.74) is 2.91. The molecule has 3 heterocycles. The maximum Gasteiger partial charge on any atom is 0.276 e. The SMILES string of the molecule is CCn1nccc1C1CCN(C(=O)c2noc3c2CCCC3)CC1. The van der Waals surface area contributed by atoms with Crippen molar-refractivity contribution in [2.45, 2.75) is 57.9 Å². The highest BCUT2D eigenvalue weighted by Gasteiger charge is 2.31. The zero-order valence-electron chi connectivity index (χ0n) is 14.2. The van der Waals surface area contributed by atoms with Gasteiger partial charge in [0.05, 0.1) is 0 Å². The number of aryl methyl sites for hydroxylation is 2. The first-order valence-corrected chi connectivity index (χ1v) is 9.06. The van der Waals surface area contributed by atoms with Crippen LogP contribution < -0.4 is 0 Å². The summed E-state index contributed by atoms with van der Waals surface area (Å²) in [5.74, 6) is 1.46. The highest BCUT2D eigenvalue weighted by molar-refractivity contribution is 5.94. The van der Waals surface area contributed by atoms with E-state index in [9.17, 15) is 4.79 Å². The van der Waals surface area contributed by atoms with Crippen LogP contribution in [0.1, 0.15) is 66.0 Å². The van der Waals surface area contributed by atoms with Crippen molar-refractivity contribution in [3.63, 3.8) is 0 Å². The van der Waals surface area contributed by atoms with Gasteiger partial charge in [-0.1, -0.05) is 5.16 Å². The number of carbonyl (C=O) groups is 1. The number of fused-ring (bicyclic) bond motifs is 1. The van der Waals surface area contributed by atoms with Gasteiger partial charge in [0.2, 0.25) is 0 Å². The smallest absolute Gasteiger partial charge is 0.276 e. The fraction of sp³-hybridized carbons (Fsp3) is 0.611. The van der Waals surface area contributed by atoms with Gasteiger partial charge in [0, 0.05) is 49.4 Å². The van der Waals surface area contributed by atoms with Crippen molar-refractivity contribution < 1.29 is 9.32 Å². The van der Waals surface area contributed by atoms with Crippen LogP contribution in [0.3, 0.4) is 0 Å². The molecule has 2 aromatic heterocycles. The maximum absolute atomic E-state index is 12.8. The quantitative estimate of drug-likeness (QED) is 0.869. The molecule has 0 unspecified atom stereocenters. The molecule has 0 saturated carbocycles. The lowest BCUT2D eigenvalue weighted by atomic mass is 9.92. The van der Waals surface area contributed by atoms with Gasteiger partial charge >= 0.3 is 0 Å². The molecule has 2 aromatic rings. The predicted octanol–water partition coefficient (Wildman–Crippen LogP) is 2.79. The van der Waals surface area contributed by atoms with E-state index in [1.165, 1.54) is 5.69 Å². The molecule has 1 aliphatic heterocycles. The van der Waals surface area contributed by atoms with Gasteiger partial charge in [0.25, 0.3) is 5.91 Å². The van der Waals surface area contributed by atoms with Gasteiger partial charge in [-0.2, -0.15) is 5.10 Å². The van der Waals surface area contributed by atoms with Crippen LogP contribution in [0.4, 0.5) is 0 Å². The second-order valence-corrected chi connectivity index (χ2v) is 6.78. The van der Waals surface area contributed by atoms with Crippen LogP contribution >= 0.6 is 0 Å². The maximum atomic E-state index is 12.8. The van der Waals surface area contributed by atoms with Crippen LogP contribution in [-0.4, -0.2) is 38.8 Å². The van der Waals surface area contributed by atoms with Gasteiger partial charge in [-0.05, 0) is 45.1 Å². The van der Waals surface area contributed by atoms with E-state index in [0.717, 1.165) is 69.5 Å². The van der Waals surface area contributed by atoms with E-state index >= 15 is 0 Å². The van der Waals surface area contributed by atoms with Gasteiger partial charge in [0.15, 0.2) is 5.69 Å². The van der Waals surface area contributed by atoms with Gasteiger partial charge in [-0.25, -0.2) is 0 Å². The van der Waals surface area contributed by atoms with Crippen LogP contribution in [0.25, 0.3) is 0 Å². The minimum absolute atomic E-state index is 0.0457. The molecular weight excluding hydrogens is 304 g/mol. The Morgan fingerprint density at radius 1 is 1.29 bits per heavy atom. The lowest BCUT2D eigenvalue weighted by Crippen LogP contribution is -2.38. The summed E-state index contributed by atoms with van der Waals surface area (Å²) in [6, 6.07) is 2.11. The average molecular weight is 328 g/mol. The summed E-state index contributed by atoms with van der Waals surface area (Å²) in [7, 11) is 0. The third kappa shape index (κ3) is 2.64. The van der Waals surface area contributed by atoms with Crippen molar-refractivity contribution in [1.29, 1.82) is 0 Å². The highest BCUT2D eigenvalue weighted by atomic mass is 16.5. The Morgan fingerprint density at radius 3 is 2.88 bits per heavy atom. The number of amides is 1. The number of piperidine rings is 1. The predicted molar refractivity (Wildman–Crippen MR) is 88.9 cm³/mol. The molecule has 0 atom stereocenters. The molecule has 1 amide bonds. The average Bonchev–Trinajstić information content (AvgIpc) is 3.28. The van der Waals surface area contributed by atoms with Gasteiger partial charge in [-0.15, -0.1) is 0 Å². The van der Waals surface area contributed by atoms with Crippen molar-refractivity contribution in [3.8, 4) is 0 Å². The van der Waals surface area contributed by atoms with Crippen LogP contribution in [0.5, 0.6) is 0 Å². The van der Waals surface area contributed by atoms with Crippen molar-refractivity contribution in [1.82, 2.24) is 19.8 Å². The molecule has 4 rings (SSSR count). The van der Waals surface area contributed by atoms with Crippen molar-refractivity contribution in [3.05, 3.63) is 35.0 Å². The van der Waals surface area contributed by atoms with Crippen LogP contribution in [0.2, 0.25) is 0 Å². The fourth-order valence-corrected chi connectivity index (χ4v) is 4.03. The molecule has 128 valence electrons. The molecule has 1 aliphatic carbocycles. The Hall–Kier alpha value is -2.11. The number of hydrogen-bond acceptors (Lipinski definition) is 4. The summed E-state index contributed by atoms with van der Waals surface area (Å²) in [5, 5.41) is 8.46. The third-order valence-electron chi connectivity index (χ3n) is 5.40. The monoisotopic (exact) mass is 328 g/mol. The number of carbonyl (C=O) groups excluding carboxylic acids is 1. The molecule has 0 bridgehead atoms. The number of aromatic nitrogens is 3. The highest BCUT2D eigenvalue weighted by Crippen LogP contribution is 2.30. The number of rotatable bonds is 3. The van der Waals surface area contributed by atoms with E-state index in [2.05, 4.69) is 27.9 Å². The summed E-state index contributed by atoms with van der Waals surface area (Å²) in [6.45, 7) is 4.56. The molecule has 1 saturated heterocycles. The lowest BCUT2D eigenvalue weighted by Gasteiger charge is -2.32. The van der Waals surface area contributed by atoms with Crippen LogP contribution in [-0.2, 0) is 19.4 Å². The minimum Gasteiger partial charge on any atom is -0.360 e. The van der Waals surface area contributed by atoms with Crippen molar-refractivity contribution in [2.75, 3.05) is 13.1 Å². The van der Waals surface area contributed by atoms with Crippen LogP contribution in [0.15, 0.2) is 16.8 Å². The van der Waals surface area contributed by atoms with E-state index in [1.807, 2.05) is 11.1 Å². The van der Waals surface area contributed by atoms with Crippen LogP contribution in [0, 0.1) is 0 Å². The number of nitrogens with zero attached hydrogens (tertiary/aromatic N) is 4. The molecule has 24 heavy (non-hydrogen) atoms. The Morgan fingerprint density at radius 2 is 2.08 bits per heavy atom. The van der Waals surface area contributed by atoms with E-state index in [1.54, 1.807) is 0 Å². The van der Waals surface area contributed by atoms with E-state index in [0.29, 0.717) is 11.6 Å². The third-order valence-corrected chi connectivity index (χ3v) is 5.40. The number of hydrogen-bond donors (Lipinski definition) is 0. The molecule has 6 heteroatoms. The molecule has 2 aliphatic rings. The molecule has 0 radical (unpaired) electrons. The van der Waals surface area contributed by atoms with Gasteiger partial charge < -0.3 is 9.42 Å². The number of likely N-dealkylation sites (tertiary alicyclic amines) is 1. The molecule has 0 aromatic carbocycles. The Balaban J connectivity index is 1.44. The molecule has 0 N–H and O–H groups in total. The minimum atomic E-state index is 0.0457. The van der Waals surface area contributed by atoms with Crippen molar-refractivity contribution >= 4 is 5.91 Å². The van der Waals surface area contributed by atoms with E-state index in [4.69, 9.17) is 4.52 Å². The summed E-state index contributed by atoms with van der Waals surface area (Å²) < 4.78 is 7.47. The second kappa shape index (κ2) is 6.42. The van der Waals surface area contributed by atoms with Crippen molar-refractivity contribution in [2.24, 2.45) is 0 Å². The summed E-state index contributed by atoms with van der Waals surface area (Å²) in [4.78, 5) is 14.8. The fourth-order valence-electron chi connectivity index (χ4n) is 4.03. The van der Waals surface area contributed by atoms with Gasteiger partial charge in [0.1, 0.15) is 5.76 Å². The molecule has 0 spiro atoms. The zero-order chi connectivity index (χ0) is 16.5. The topological polar surface area (TPSA) is 64.2 Å². The first-order valence-electron chi connectivity index (χ1n) is 9.06. The zero-order valence-corrected chi connectivity index (χ0v) is 14.2. The second-order valence-electron chi connectivity index (χ2n) is 6.78. The first kappa shape index (κ1) is 15.4. The molecule has 1 fully saturated rings. The first-order chi connectivity index (χ1) is 11.8. The molecule has 6 nitrogen and oxygen atoms in total. The summed E-state index contributed by atoms with van der Waals surface area (Å²) in [6.07, 6.45) is 7.93. The van der Waals surface area contributed by atoms with E-state index < -0.39 is 0 Å². The normalized spacial score (nSPS) is 18.6. The Bertz CT molecular complexity index is 725.